The second-order valence-corrected chi connectivity index (χ2v) is 7.57. The van der Waals surface area contributed by atoms with E-state index in [-0.39, 0.29) is 16.3 Å². The molecular weight excluding hydrogens is 294 g/mol. The summed E-state index contributed by atoms with van der Waals surface area (Å²) in [6.45, 7) is 3.88. The van der Waals surface area contributed by atoms with Gasteiger partial charge in [-0.2, -0.15) is 0 Å². The van der Waals surface area contributed by atoms with Gasteiger partial charge in [0.05, 0.1) is 17.2 Å². The van der Waals surface area contributed by atoms with Gasteiger partial charge in [-0.15, -0.1) is 0 Å². The summed E-state index contributed by atoms with van der Waals surface area (Å²) in [6, 6.07) is 0. The summed E-state index contributed by atoms with van der Waals surface area (Å²) < 4.78 is 28.0. The Morgan fingerprint density at radius 2 is 2.00 bits per heavy atom. The molecule has 1 atom stereocenters. The maximum atomic E-state index is 11.5. The van der Waals surface area contributed by atoms with E-state index in [0.29, 0.717) is 19.6 Å². The topological polar surface area (TPSA) is 46.6 Å². The summed E-state index contributed by atoms with van der Waals surface area (Å²) in [5.41, 5.74) is 0. The molecule has 0 aromatic rings. The van der Waals surface area contributed by atoms with E-state index in [4.69, 9.17) is 4.74 Å². The predicted molar refractivity (Wildman–Crippen MR) is 71.0 cm³/mol. The lowest BCUT2D eigenvalue weighted by atomic mass is 10.4. The fourth-order valence-electron chi connectivity index (χ4n) is 1.37. The molecule has 0 amide bonds. The minimum Gasteiger partial charge on any atom is -0.383 e. The lowest BCUT2D eigenvalue weighted by Gasteiger charge is -2.19. The van der Waals surface area contributed by atoms with Gasteiger partial charge in [-0.05, 0) is 13.5 Å². The second kappa shape index (κ2) is 8.44. The first-order chi connectivity index (χ1) is 7.41. The van der Waals surface area contributed by atoms with Crippen LogP contribution in [0.5, 0.6) is 0 Å². The Balaban J connectivity index is 3.84. The highest BCUT2D eigenvalue weighted by Crippen LogP contribution is 2.03. The molecular formula is C10H22BrNO3S. The van der Waals surface area contributed by atoms with Gasteiger partial charge in [-0.1, -0.05) is 22.9 Å². The van der Waals surface area contributed by atoms with Crippen molar-refractivity contribution in [2.45, 2.75) is 18.2 Å². The van der Waals surface area contributed by atoms with E-state index >= 15 is 0 Å². The summed E-state index contributed by atoms with van der Waals surface area (Å²) in [7, 11) is 0.712. The number of ether oxygens (including phenoxy) is 1. The van der Waals surface area contributed by atoms with Crippen molar-refractivity contribution in [1.82, 2.24) is 4.90 Å². The van der Waals surface area contributed by atoms with E-state index in [1.165, 1.54) is 0 Å². The van der Waals surface area contributed by atoms with Gasteiger partial charge in [-0.3, -0.25) is 0 Å². The molecule has 0 aromatic heterocycles. The Labute approximate surface area is 107 Å². The molecule has 0 saturated carbocycles. The number of halogens is 1. The zero-order valence-electron chi connectivity index (χ0n) is 10.3. The Bertz CT molecular complexity index is 269. The molecule has 0 aliphatic rings. The third-order valence-corrected chi connectivity index (χ3v) is 4.55. The van der Waals surface area contributed by atoms with Crippen molar-refractivity contribution in [2.75, 3.05) is 45.4 Å². The smallest absolute Gasteiger partial charge is 0.151 e. The molecule has 0 saturated heterocycles. The minimum absolute atomic E-state index is 0.240. The zero-order chi connectivity index (χ0) is 12.6. The van der Waals surface area contributed by atoms with Crippen LogP contribution in [0.4, 0.5) is 0 Å². The summed E-state index contributed by atoms with van der Waals surface area (Å²) in [4.78, 5) is 2.25. The Hall–Kier alpha value is 0.350. The second-order valence-electron chi connectivity index (χ2n) is 3.97. The normalized spacial score (nSPS) is 14.3. The molecule has 0 fully saturated rings. The summed E-state index contributed by atoms with van der Waals surface area (Å²) in [6.07, 6.45) is 0.691. The van der Waals surface area contributed by atoms with E-state index in [1.54, 1.807) is 7.11 Å². The van der Waals surface area contributed by atoms with E-state index < -0.39 is 9.84 Å². The van der Waals surface area contributed by atoms with Gasteiger partial charge in [0.1, 0.15) is 0 Å². The van der Waals surface area contributed by atoms with Gasteiger partial charge < -0.3 is 9.64 Å². The monoisotopic (exact) mass is 315 g/mol. The van der Waals surface area contributed by atoms with Crippen LogP contribution in [-0.2, 0) is 14.6 Å². The van der Waals surface area contributed by atoms with E-state index in [0.717, 1.165) is 6.54 Å². The molecule has 1 unspecified atom stereocenters. The van der Waals surface area contributed by atoms with Crippen LogP contribution >= 0.6 is 15.9 Å². The molecule has 0 N–H and O–H groups in total. The van der Waals surface area contributed by atoms with E-state index in [2.05, 4.69) is 15.9 Å². The highest BCUT2D eigenvalue weighted by Gasteiger charge is 2.13. The fourth-order valence-corrected chi connectivity index (χ4v) is 3.55. The molecule has 4 nitrogen and oxygen atoms in total. The zero-order valence-corrected chi connectivity index (χ0v) is 12.7. The van der Waals surface area contributed by atoms with Crippen LogP contribution in [-0.4, -0.2) is 63.5 Å². The molecule has 16 heavy (non-hydrogen) atoms. The van der Waals surface area contributed by atoms with Crippen molar-refractivity contribution in [3.8, 4) is 0 Å². The number of hydrogen-bond donors (Lipinski definition) is 0. The maximum absolute atomic E-state index is 11.5. The fraction of sp³-hybridized carbons (Fsp3) is 1.00. The van der Waals surface area contributed by atoms with Gasteiger partial charge >= 0.3 is 0 Å². The average Bonchev–Trinajstić information content (AvgIpc) is 2.15. The van der Waals surface area contributed by atoms with Gasteiger partial charge in [0.2, 0.25) is 0 Å². The van der Waals surface area contributed by atoms with E-state index in [1.807, 2.05) is 18.9 Å². The van der Waals surface area contributed by atoms with Crippen LogP contribution in [0.3, 0.4) is 0 Å². The predicted octanol–water partition coefficient (Wildman–Crippen LogP) is 1.15. The molecule has 0 bridgehead atoms. The quantitative estimate of drug-likeness (QED) is 0.599. The SMILES string of the molecule is CCCS(=O)(=O)CCN(C)CC(Br)COC. The van der Waals surface area contributed by atoms with Crippen LogP contribution in [0, 0.1) is 0 Å². The van der Waals surface area contributed by atoms with Crippen LogP contribution in [0.1, 0.15) is 13.3 Å². The van der Waals surface area contributed by atoms with Crippen molar-refractivity contribution in [1.29, 1.82) is 0 Å². The number of sulfone groups is 1. The summed E-state index contributed by atoms with van der Waals surface area (Å²) >= 11 is 3.47. The van der Waals surface area contributed by atoms with Gasteiger partial charge in [-0.25, -0.2) is 8.42 Å². The maximum Gasteiger partial charge on any atom is 0.151 e. The lowest BCUT2D eigenvalue weighted by Crippen LogP contribution is -2.32. The highest BCUT2D eigenvalue weighted by molar-refractivity contribution is 9.09. The minimum atomic E-state index is -2.86. The van der Waals surface area contributed by atoms with Crippen LogP contribution < -0.4 is 0 Å². The van der Waals surface area contributed by atoms with Crippen molar-refractivity contribution < 1.29 is 13.2 Å². The number of hydrogen-bond acceptors (Lipinski definition) is 4. The molecule has 0 heterocycles. The number of alkyl halides is 1. The van der Waals surface area contributed by atoms with Crippen molar-refractivity contribution in [3.63, 3.8) is 0 Å². The largest absolute Gasteiger partial charge is 0.383 e. The molecule has 0 aliphatic carbocycles. The first kappa shape index (κ1) is 16.4. The molecule has 6 heteroatoms. The molecule has 0 aliphatic heterocycles. The third-order valence-electron chi connectivity index (χ3n) is 2.16. The summed E-state index contributed by atoms with van der Waals surface area (Å²) in [5, 5.41) is 0. The Morgan fingerprint density at radius 3 is 2.50 bits per heavy atom. The number of methoxy groups -OCH3 is 1. The summed E-state index contributed by atoms with van der Waals surface area (Å²) in [5.74, 6) is 0.528. The van der Waals surface area contributed by atoms with Crippen molar-refractivity contribution >= 4 is 25.8 Å². The highest BCUT2D eigenvalue weighted by atomic mass is 79.9. The van der Waals surface area contributed by atoms with Crippen LogP contribution in [0.15, 0.2) is 0 Å². The molecule has 0 rings (SSSR count). The molecule has 98 valence electrons. The number of rotatable bonds is 9. The third kappa shape index (κ3) is 8.50. The standard InChI is InChI=1S/C10H22BrNO3S/c1-4-6-16(13,14)7-5-12(2)8-10(11)9-15-3/h10H,4-9H2,1-3H3. The van der Waals surface area contributed by atoms with Gasteiger partial charge in [0, 0.05) is 26.0 Å². The van der Waals surface area contributed by atoms with Gasteiger partial charge in [0.15, 0.2) is 9.84 Å². The first-order valence-electron chi connectivity index (χ1n) is 5.43. The number of nitrogens with zero attached hydrogens (tertiary/aromatic N) is 1. The molecule has 0 aromatic carbocycles. The molecule has 0 radical (unpaired) electrons. The van der Waals surface area contributed by atoms with Crippen LogP contribution in [0.25, 0.3) is 0 Å². The van der Waals surface area contributed by atoms with Crippen molar-refractivity contribution in [3.05, 3.63) is 0 Å². The van der Waals surface area contributed by atoms with E-state index in [9.17, 15) is 8.42 Å². The Kier molecular flexibility index (Phi) is 8.63. The van der Waals surface area contributed by atoms with Crippen molar-refractivity contribution in [2.24, 2.45) is 0 Å². The molecule has 0 spiro atoms. The average molecular weight is 316 g/mol. The lowest BCUT2D eigenvalue weighted by molar-refractivity contribution is 0.187. The van der Waals surface area contributed by atoms with Gasteiger partial charge in [0.25, 0.3) is 0 Å². The first-order valence-corrected chi connectivity index (χ1v) is 8.17. The Morgan fingerprint density at radius 1 is 1.38 bits per heavy atom. The van der Waals surface area contributed by atoms with Crippen LogP contribution in [0.2, 0.25) is 0 Å².